The molecule has 3 N–H and O–H groups in total. The van der Waals surface area contributed by atoms with E-state index in [0.717, 1.165) is 18.1 Å². The molecule has 1 aliphatic rings. The van der Waals surface area contributed by atoms with Crippen molar-refractivity contribution in [2.24, 2.45) is 0 Å². The van der Waals surface area contributed by atoms with E-state index >= 15 is 0 Å². The molecule has 0 aromatic carbocycles. The third kappa shape index (κ3) is 2.88. The van der Waals surface area contributed by atoms with Gasteiger partial charge in [-0.2, -0.15) is 17.0 Å². The second kappa shape index (κ2) is 5.96. The minimum absolute atomic E-state index is 0.429. The number of anilines is 2. The van der Waals surface area contributed by atoms with Crippen LogP contribution in [0.2, 0.25) is 0 Å². The van der Waals surface area contributed by atoms with Crippen molar-refractivity contribution < 1.29 is 0 Å². The average Bonchev–Trinajstić information content (AvgIpc) is 2.80. The second-order valence-electron chi connectivity index (χ2n) is 4.46. The van der Waals surface area contributed by atoms with Gasteiger partial charge in [0.05, 0.1) is 11.3 Å². The summed E-state index contributed by atoms with van der Waals surface area (Å²) < 4.78 is 0. The minimum Gasteiger partial charge on any atom is -0.395 e. The maximum atomic E-state index is 8.93. The molecule has 0 saturated heterocycles. The highest BCUT2D eigenvalue weighted by Gasteiger charge is 2.25. The van der Waals surface area contributed by atoms with Crippen LogP contribution in [0, 0.1) is 11.3 Å². The van der Waals surface area contributed by atoms with Crippen LogP contribution in [0.25, 0.3) is 0 Å². The Bertz CT molecular complexity index is 455. The van der Waals surface area contributed by atoms with Crippen LogP contribution in [-0.4, -0.2) is 22.0 Å². The van der Waals surface area contributed by atoms with Crippen LogP contribution in [-0.2, 0) is 0 Å². The van der Waals surface area contributed by atoms with Crippen molar-refractivity contribution in [2.45, 2.75) is 37.5 Å². The molecule has 2 atom stereocenters. The summed E-state index contributed by atoms with van der Waals surface area (Å²) >= 11 is 2.02. The van der Waals surface area contributed by atoms with Crippen LogP contribution in [0.5, 0.6) is 0 Å². The van der Waals surface area contributed by atoms with Gasteiger partial charge in [0.2, 0.25) is 0 Å². The second-order valence-corrected chi connectivity index (χ2v) is 6.04. The van der Waals surface area contributed by atoms with Crippen LogP contribution < -0.4 is 11.1 Å². The molecule has 1 aromatic heterocycles. The standard InChI is InChI=1S/C13H18N4S/c1-2-18-11-4-3-10(7-11)17-13-12(15)9(8-14)5-6-16-13/h5-6,10-11H,2-4,7,15H2,1H3,(H,16,17). The van der Waals surface area contributed by atoms with E-state index in [1.165, 1.54) is 12.2 Å². The Morgan fingerprint density at radius 1 is 1.61 bits per heavy atom. The first-order chi connectivity index (χ1) is 8.74. The Hall–Kier alpha value is -1.41. The van der Waals surface area contributed by atoms with E-state index in [2.05, 4.69) is 23.3 Å². The first kappa shape index (κ1) is 13.0. The Morgan fingerprint density at radius 2 is 2.44 bits per heavy atom. The molecule has 1 heterocycles. The lowest BCUT2D eigenvalue weighted by Gasteiger charge is -2.15. The maximum absolute atomic E-state index is 8.93. The fraction of sp³-hybridized carbons (Fsp3) is 0.538. The molecule has 0 radical (unpaired) electrons. The Morgan fingerprint density at radius 3 is 3.17 bits per heavy atom. The highest BCUT2D eigenvalue weighted by atomic mass is 32.2. The molecule has 96 valence electrons. The monoisotopic (exact) mass is 262 g/mol. The summed E-state index contributed by atoms with van der Waals surface area (Å²) in [6, 6.07) is 4.15. The van der Waals surface area contributed by atoms with Gasteiger partial charge in [0.1, 0.15) is 6.07 Å². The number of hydrogen-bond acceptors (Lipinski definition) is 5. The Kier molecular flexibility index (Phi) is 4.32. The molecule has 2 rings (SSSR count). The van der Waals surface area contributed by atoms with E-state index in [1.54, 1.807) is 12.3 Å². The minimum atomic E-state index is 0.429. The van der Waals surface area contributed by atoms with Gasteiger partial charge in [0.25, 0.3) is 0 Å². The van der Waals surface area contributed by atoms with Crippen molar-refractivity contribution in [3.63, 3.8) is 0 Å². The van der Waals surface area contributed by atoms with Crippen LogP contribution in [0.1, 0.15) is 31.7 Å². The van der Waals surface area contributed by atoms with E-state index < -0.39 is 0 Å². The summed E-state index contributed by atoms with van der Waals surface area (Å²) in [7, 11) is 0. The normalized spacial score (nSPS) is 22.7. The quantitative estimate of drug-likeness (QED) is 0.872. The summed E-state index contributed by atoms with van der Waals surface area (Å²) in [6.45, 7) is 2.20. The van der Waals surface area contributed by atoms with Crippen molar-refractivity contribution in [2.75, 3.05) is 16.8 Å². The number of nitriles is 1. The molecule has 0 aliphatic heterocycles. The first-order valence-corrected chi connectivity index (χ1v) is 7.32. The largest absolute Gasteiger partial charge is 0.395 e. The fourth-order valence-electron chi connectivity index (χ4n) is 2.34. The lowest BCUT2D eigenvalue weighted by Crippen LogP contribution is -2.18. The molecular weight excluding hydrogens is 244 g/mol. The average molecular weight is 262 g/mol. The van der Waals surface area contributed by atoms with Crippen LogP contribution >= 0.6 is 11.8 Å². The number of pyridine rings is 1. The van der Waals surface area contributed by atoms with Gasteiger partial charge in [-0.25, -0.2) is 4.98 Å². The van der Waals surface area contributed by atoms with Crippen LogP contribution in [0.4, 0.5) is 11.5 Å². The maximum Gasteiger partial charge on any atom is 0.150 e. The fourth-order valence-corrected chi connectivity index (χ4v) is 3.48. The summed E-state index contributed by atoms with van der Waals surface area (Å²) in [4.78, 5) is 4.23. The predicted octanol–water partition coefficient (Wildman–Crippen LogP) is 2.62. The molecular formula is C13H18N4S. The molecule has 18 heavy (non-hydrogen) atoms. The molecule has 2 unspecified atom stereocenters. The highest BCUT2D eigenvalue weighted by molar-refractivity contribution is 7.99. The number of nitrogens with one attached hydrogen (secondary N) is 1. The van der Waals surface area contributed by atoms with Crippen molar-refractivity contribution in [1.82, 2.24) is 4.98 Å². The molecule has 4 nitrogen and oxygen atoms in total. The molecule has 1 aromatic rings. The SMILES string of the molecule is CCSC1CCC(Nc2nccc(C#N)c2N)C1. The van der Waals surface area contributed by atoms with Crippen molar-refractivity contribution in [1.29, 1.82) is 5.26 Å². The van der Waals surface area contributed by atoms with Crippen molar-refractivity contribution >= 4 is 23.3 Å². The Labute approximate surface area is 112 Å². The lowest BCUT2D eigenvalue weighted by molar-refractivity contribution is 0.752. The van der Waals surface area contributed by atoms with E-state index in [4.69, 9.17) is 11.0 Å². The summed E-state index contributed by atoms with van der Waals surface area (Å²) in [5.74, 6) is 1.82. The zero-order valence-electron chi connectivity index (χ0n) is 10.5. The van der Waals surface area contributed by atoms with Crippen molar-refractivity contribution in [3.8, 4) is 6.07 Å². The third-order valence-electron chi connectivity index (χ3n) is 3.24. The predicted molar refractivity (Wildman–Crippen MR) is 76.5 cm³/mol. The van der Waals surface area contributed by atoms with Gasteiger partial charge in [-0.15, -0.1) is 0 Å². The number of hydrogen-bond donors (Lipinski definition) is 2. The summed E-state index contributed by atoms with van der Waals surface area (Å²) in [5, 5.41) is 13.0. The van der Waals surface area contributed by atoms with Gasteiger partial charge in [0, 0.05) is 17.5 Å². The van der Waals surface area contributed by atoms with Crippen LogP contribution in [0.3, 0.4) is 0 Å². The lowest BCUT2D eigenvalue weighted by atomic mass is 10.2. The van der Waals surface area contributed by atoms with E-state index in [1.807, 2.05) is 11.8 Å². The topological polar surface area (TPSA) is 74.7 Å². The third-order valence-corrected chi connectivity index (χ3v) is 4.47. The first-order valence-electron chi connectivity index (χ1n) is 6.27. The van der Waals surface area contributed by atoms with Gasteiger partial charge < -0.3 is 11.1 Å². The van der Waals surface area contributed by atoms with Gasteiger partial charge in [-0.1, -0.05) is 6.92 Å². The number of nitrogens with two attached hydrogens (primary N) is 1. The smallest absolute Gasteiger partial charge is 0.150 e. The molecule has 0 amide bonds. The van der Waals surface area contributed by atoms with Gasteiger partial charge in [-0.05, 0) is 31.1 Å². The van der Waals surface area contributed by atoms with E-state index in [-0.39, 0.29) is 0 Å². The Balaban J connectivity index is 2.01. The molecule has 0 spiro atoms. The summed E-state index contributed by atoms with van der Waals surface area (Å²) in [5.41, 5.74) is 6.87. The summed E-state index contributed by atoms with van der Waals surface area (Å²) in [6.07, 6.45) is 5.17. The molecule has 1 fully saturated rings. The number of nitrogens with zero attached hydrogens (tertiary/aromatic N) is 2. The highest BCUT2D eigenvalue weighted by Crippen LogP contribution is 2.32. The number of thioether (sulfide) groups is 1. The van der Waals surface area contributed by atoms with Crippen LogP contribution in [0.15, 0.2) is 12.3 Å². The van der Waals surface area contributed by atoms with Gasteiger partial charge >= 0.3 is 0 Å². The molecule has 1 aliphatic carbocycles. The number of rotatable bonds is 4. The van der Waals surface area contributed by atoms with Gasteiger partial charge in [0.15, 0.2) is 5.82 Å². The molecule has 0 bridgehead atoms. The number of aromatic nitrogens is 1. The zero-order valence-corrected chi connectivity index (χ0v) is 11.3. The molecule has 5 heteroatoms. The van der Waals surface area contributed by atoms with Gasteiger partial charge in [-0.3, -0.25) is 0 Å². The van der Waals surface area contributed by atoms with E-state index in [0.29, 0.717) is 23.1 Å². The van der Waals surface area contributed by atoms with E-state index in [9.17, 15) is 0 Å². The van der Waals surface area contributed by atoms with Crippen molar-refractivity contribution in [3.05, 3.63) is 17.8 Å². The zero-order chi connectivity index (χ0) is 13.0. The molecule has 1 saturated carbocycles. The number of nitrogen functional groups attached to an aromatic ring is 1.